The number of benzene rings is 1. The summed E-state index contributed by atoms with van der Waals surface area (Å²) in [4.78, 5) is 2.42. The Balaban J connectivity index is 1.59. The largest absolute Gasteiger partial charge is 0.494 e. The number of hydrogen-bond donors (Lipinski definition) is 1. The van der Waals surface area contributed by atoms with Crippen LogP contribution in [0, 0.1) is 5.92 Å². The molecule has 0 saturated carbocycles. The quantitative estimate of drug-likeness (QED) is 0.784. The lowest BCUT2D eigenvalue weighted by atomic mass is 10.0. The summed E-state index contributed by atoms with van der Waals surface area (Å²) in [7, 11) is 0. The third kappa shape index (κ3) is 4.00. The molecule has 0 aromatic heterocycles. The van der Waals surface area contributed by atoms with Gasteiger partial charge in [-0.1, -0.05) is 18.2 Å². The van der Waals surface area contributed by atoms with E-state index in [0.717, 1.165) is 44.8 Å². The zero-order valence-electron chi connectivity index (χ0n) is 11.1. The lowest BCUT2D eigenvalue weighted by molar-refractivity contribution is 0.127. The van der Waals surface area contributed by atoms with E-state index in [1.807, 2.05) is 37.3 Å². The smallest absolute Gasteiger partial charge is 0.119 e. The molecule has 2 rings (SSSR count). The molecule has 18 heavy (non-hydrogen) atoms. The average molecular weight is 249 g/mol. The molecule has 1 aliphatic heterocycles. The van der Waals surface area contributed by atoms with Crippen molar-refractivity contribution < 1.29 is 9.84 Å². The molecule has 2 unspecified atom stereocenters. The van der Waals surface area contributed by atoms with E-state index in [4.69, 9.17) is 4.74 Å². The van der Waals surface area contributed by atoms with Crippen LogP contribution >= 0.6 is 0 Å². The predicted octanol–water partition coefficient (Wildman–Crippen LogP) is 2.16. The monoisotopic (exact) mass is 249 g/mol. The maximum atomic E-state index is 9.54. The van der Waals surface area contributed by atoms with Crippen molar-refractivity contribution in [3.8, 4) is 5.75 Å². The van der Waals surface area contributed by atoms with Gasteiger partial charge in [-0.25, -0.2) is 0 Å². The van der Waals surface area contributed by atoms with E-state index < -0.39 is 0 Å². The molecule has 0 radical (unpaired) electrons. The third-order valence-electron chi connectivity index (χ3n) is 3.62. The van der Waals surface area contributed by atoms with Crippen molar-refractivity contribution in [3.63, 3.8) is 0 Å². The number of aliphatic hydroxyl groups is 1. The molecule has 1 aromatic rings. The molecule has 1 aliphatic rings. The van der Waals surface area contributed by atoms with Crippen LogP contribution in [0.3, 0.4) is 0 Å². The average Bonchev–Trinajstić information content (AvgIpc) is 2.85. The lowest BCUT2D eigenvalue weighted by Crippen LogP contribution is -2.26. The Bertz CT molecular complexity index is 340. The van der Waals surface area contributed by atoms with E-state index >= 15 is 0 Å². The van der Waals surface area contributed by atoms with Gasteiger partial charge < -0.3 is 14.7 Å². The Morgan fingerprint density at radius 1 is 1.39 bits per heavy atom. The molecule has 100 valence electrons. The van der Waals surface area contributed by atoms with Gasteiger partial charge in [-0.05, 0) is 44.4 Å². The van der Waals surface area contributed by atoms with E-state index in [1.54, 1.807) is 0 Å². The normalized spacial score (nSPS) is 22.0. The van der Waals surface area contributed by atoms with Gasteiger partial charge in [0.25, 0.3) is 0 Å². The van der Waals surface area contributed by atoms with E-state index in [0.29, 0.717) is 5.92 Å². The number of para-hydroxylation sites is 1. The van der Waals surface area contributed by atoms with Crippen molar-refractivity contribution in [1.29, 1.82) is 0 Å². The van der Waals surface area contributed by atoms with Gasteiger partial charge in [0, 0.05) is 13.1 Å². The van der Waals surface area contributed by atoms with Gasteiger partial charge in [0.1, 0.15) is 5.75 Å². The minimum absolute atomic E-state index is 0.171. The molecule has 1 saturated heterocycles. The zero-order chi connectivity index (χ0) is 12.8. The number of rotatable bonds is 6. The highest BCUT2D eigenvalue weighted by Crippen LogP contribution is 2.19. The third-order valence-corrected chi connectivity index (χ3v) is 3.62. The highest BCUT2D eigenvalue weighted by molar-refractivity contribution is 5.20. The molecule has 1 N–H and O–H groups in total. The Morgan fingerprint density at radius 3 is 2.83 bits per heavy atom. The predicted molar refractivity (Wildman–Crippen MR) is 72.8 cm³/mol. The van der Waals surface area contributed by atoms with Crippen molar-refractivity contribution >= 4 is 0 Å². The Labute approximate surface area is 109 Å². The van der Waals surface area contributed by atoms with Gasteiger partial charge in [0.05, 0.1) is 12.7 Å². The van der Waals surface area contributed by atoms with Crippen LogP contribution in [0.1, 0.15) is 19.8 Å². The second-order valence-corrected chi connectivity index (χ2v) is 5.11. The summed E-state index contributed by atoms with van der Waals surface area (Å²) >= 11 is 0. The van der Waals surface area contributed by atoms with E-state index in [-0.39, 0.29) is 6.10 Å². The second kappa shape index (κ2) is 6.76. The fourth-order valence-electron chi connectivity index (χ4n) is 2.45. The fourth-order valence-corrected chi connectivity index (χ4v) is 2.45. The van der Waals surface area contributed by atoms with Crippen molar-refractivity contribution in [3.05, 3.63) is 30.3 Å². The van der Waals surface area contributed by atoms with Crippen LogP contribution in [-0.4, -0.2) is 42.4 Å². The maximum absolute atomic E-state index is 9.54. The molecule has 3 nitrogen and oxygen atoms in total. The lowest BCUT2D eigenvalue weighted by Gasteiger charge is -2.17. The van der Waals surface area contributed by atoms with Crippen molar-refractivity contribution in [2.45, 2.75) is 25.9 Å². The van der Waals surface area contributed by atoms with Crippen molar-refractivity contribution in [2.75, 3.05) is 26.2 Å². The van der Waals surface area contributed by atoms with Crippen LogP contribution in [0.25, 0.3) is 0 Å². The summed E-state index contributed by atoms with van der Waals surface area (Å²) in [6.07, 6.45) is 1.99. The SMILES string of the molecule is CC(O)C1CCN(CCCOc2ccccc2)C1. The van der Waals surface area contributed by atoms with Gasteiger partial charge in [-0.15, -0.1) is 0 Å². The first-order valence-electron chi connectivity index (χ1n) is 6.84. The first kappa shape index (κ1) is 13.4. The van der Waals surface area contributed by atoms with E-state index in [9.17, 15) is 5.11 Å². The summed E-state index contributed by atoms with van der Waals surface area (Å²) in [5.41, 5.74) is 0. The van der Waals surface area contributed by atoms with Crippen molar-refractivity contribution in [2.24, 2.45) is 5.92 Å². The van der Waals surface area contributed by atoms with Gasteiger partial charge in [0.15, 0.2) is 0 Å². The molecule has 0 amide bonds. The zero-order valence-corrected chi connectivity index (χ0v) is 11.1. The Kier molecular flexibility index (Phi) is 5.02. The second-order valence-electron chi connectivity index (χ2n) is 5.11. The van der Waals surface area contributed by atoms with Gasteiger partial charge in [-0.3, -0.25) is 0 Å². The van der Waals surface area contributed by atoms with Crippen LogP contribution in [0.2, 0.25) is 0 Å². The highest BCUT2D eigenvalue weighted by atomic mass is 16.5. The summed E-state index contributed by atoms with van der Waals surface area (Å²) in [6.45, 7) is 5.87. The standard InChI is InChI=1S/C15H23NO2/c1-13(17)14-8-10-16(12-14)9-5-11-18-15-6-3-2-4-7-15/h2-4,6-7,13-14,17H,5,8-12H2,1H3. The molecule has 0 spiro atoms. The summed E-state index contributed by atoms with van der Waals surface area (Å²) in [6, 6.07) is 9.94. The van der Waals surface area contributed by atoms with E-state index in [1.165, 1.54) is 0 Å². The van der Waals surface area contributed by atoms with Crippen LogP contribution in [0.15, 0.2) is 30.3 Å². The molecule has 0 bridgehead atoms. The molecule has 2 atom stereocenters. The number of aliphatic hydroxyl groups excluding tert-OH is 1. The number of ether oxygens (including phenoxy) is 1. The first-order valence-corrected chi connectivity index (χ1v) is 6.84. The van der Waals surface area contributed by atoms with Crippen LogP contribution < -0.4 is 4.74 Å². The molecule has 1 fully saturated rings. The Morgan fingerprint density at radius 2 is 2.17 bits per heavy atom. The molecular weight excluding hydrogens is 226 g/mol. The molecule has 1 aromatic carbocycles. The minimum atomic E-state index is -0.171. The summed E-state index contributed by atoms with van der Waals surface area (Å²) < 4.78 is 5.66. The number of nitrogens with zero attached hydrogens (tertiary/aromatic N) is 1. The van der Waals surface area contributed by atoms with Crippen LogP contribution in [0.4, 0.5) is 0 Å². The number of likely N-dealkylation sites (tertiary alicyclic amines) is 1. The molecule has 3 heteroatoms. The first-order chi connectivity index (χ1) is 8.75. The van der Waals surface area contributed by atoms with E-state index in [2.05, 4.69) is 4.90 Å². The molecular formula is C15H23NO2. The van der Waals surface area contributed by atoms with Gasteiger partial charge in [0.2, 0.25) is 0 Å². The maximum Gasteiger partial charge on any atom is 0.119 e. The Hall–Kier alpha value is -1.06. The highest BCUT2D eigenvalue weighted by Gasteiger charge is 2.25. The number of hydrogen-bond acceptors (Lipinski definition) is 3. The van der Waals surface area contributed by atoms with Crippen LogP contribution in [-0.2, 0) is 0 Å². The molecule has 1 heterocycles. The van der Waals surface area contributed by atoms with Crippen LogP contribution in [0.5, 0.6) is 5.75 Å². The fraction of sp³-hybridized carbons (Fsp3) is 0.600. The minimum Gasteiger partial charge on any atom is -0.494 e. The van der Waals surface area contributed by atoms with Crippen molar-refractivity contribution in [1.82, 2.24) is 4.90 Å². The summed E-state index contributed by atoms with van der Waals surface area (Å²) in [5, 5.41) is 9.54. The van der Waals surface area contributed by atoms with Gasteiger partial charge in [-0.2, -0.15) is 0 Å². The topological polar surface area (TPSA) is 32.7 Å². The summed E-state index contributed by atoms with van der Waals surface area (Å²) in [5.74, 6) is 1.40. The van der Waals surface area contributed by atoms with Gasteiger partial charge >= 0.3 is 0 Å². The molecule has 0 aliphatic carbocycles.